The van der Waals surface area contributed by atoms with Gasteiger partial charge in [0.1, 0.15) is 11.7 Å². The minimum absolute atomic E-state index is 0.0553. The van der Waals surface area contributed by atoms with Crippen LogP contribution in [0.15, 0.2) is 48.5 Å². The monoisotopic (exact) mass is 379 g/mol. The second-order valence-corrected chi connectivity index (χ2v) is 7.63. The zero-order chi connectivity index (χ0) is 20.5. The van der Waals surface area contributed by atoms with Gasteiger partial charge in [-0.2, -0.15) is 5.26 Å². The van der Waals surface area contributed by atoms with Gasteiger partial charge in [0.2, 0.25) is 11.8 Å². The lowest BCUT2D eigenvalue weighted by Crippen LogP contribution is -2.33. The molecule has 0 saturated carbocycles. The Bertz CT molecular complexity index is 947. The summed E-state index contributed by atoms with van der Waals surface area (Å²) in [7, 11) is 1.65. The molecule has 5 nitrogen and oxygen atoms in total. The van der Waals surface area contributed by atoms with Crippen LogP contribution < -0.4 is 5.32 Å². The third kappa shape index (κ3) is 3.61. The van der Waals surface area contributed by atoms with Crippen LogP contribution in [0, 0.1) is 23.1 Å². The highest BCUT2D eigenvalue weighted by molar-refractivity contribution is 6.08. The summed E-state index contributed by atoms with van der Waals surface area (Å²) >= 11 is 0. The molecule has 1 N–H and O–H groups in total. The van der Waals surface area contributed by atoms with Gasteiger partial charge in [0.25, 0.3) is 0 Å². The Kier molecular flexibility index (Phi) is 5.19. The van der Waals surface area contributed by atoms with Crippen molar-refractivity contribution in [2.75, 3.05) is 18.9 Å². The van der Waals surface area contributed by atoms with Crippen molar-refractivity contribution in [3.8, 4) is 6.07 Å². The zero-order valence-corrected chi connectivity index (χ0v) is 16.1. The maximum Gasteiger partial charge on any atom is 0.237 e. The van der Waals surface area contributed by atoms with Gasteiger partial charge in [0, 0.05) is 19.5 Å². The molecular weight excluding hydrogens is 357 g/mol. The second-order valence-electron chi connectivity index (χ2n) is 7.63. The van der Waals surface area contributed by atoms with Crippen molar-refractivity contribution in [1.82, 2.24) is 4.90 Å². The van der Waals surface area contributed by atoms with Crippen molar-refractivity contribution >= 4 is 17.5 Å². The Hall–Kier alpha value is -3.20. The molecule has 0 aliphatic carbocycles. The number of anilines is 1. The molecule has 1 fully saturated rings. The van der Waals surface area contributed by atoms with E-state index in [1.807, 2.05) is 38.1 Å². The molecule has 0 spiro atoms. The smallest absolute Gasteiger partial charge is 0.237 e. The Morgan fingerprint density at radius 2 is 1.86 bits per heavy atom. The third-order valence-corrected chi connectivity index (χ3v) is 5.27. The molecule has 2 amide bonds. The van der Waals surface area contributed by atoms with Gasteiger partial charge in [-0.1, -0.05) is 36.4 Å². The average molecular weight is 379 g/mol. The van der Waals surface area contributed by atoms with E-state index < -0.39 is 23.1 Å². The van der Waals surface area contributed by atoms with Crippen LogP contribution in [0.25, 0.3) is 0 Å². The van der Waals surface area contributed by atoms with E-state index in [1.165, 1.54) is 23.1 Å². The van der Waals surface area contributed by atoms with E-state index in [4.69, 9.17) is 0 Å². The SMILES string of the molecule is CN1C[C@H](c2ccc(C(C)(C)C#N)cc2)[C@@H](C(=O)Nc2ccccc2F)C1=O. The fourth-order valence-corrected chi connectivity index (χ4v) is 3.48. The fraction of sp³-hybridized carbons (Fsp3) is 0.318. The number of likely N-dealkylation sites (N-methyl/N-ethyl adjacent to an activating group) is 1. The lowest BCUT2D eigenvalue weighted by atomic mass is 9.83. The number of nitriles is 1. The number of hydrogen-bond donors (Lipinski definition) is 1. The number of amides is 2. The van der Waals surface area contributed by atoms with Crippen LogP contribution in [0.5, 0.6) is 0 Å². The van der Waals surface area contributed by atoms with E-state index in [0.29, 0.717) is 6.54 Å². The molecule has 0 radical (unpaired) electrons. The molecule has 0 bridgehead atoms. The van der Waals surface area contributed by atoms with Crippen LogP contribution in [-0.4, -0.2) is 30.3 Å². The van der Waals surface area contributed by atoms with Crippen molar-refractivity contribution in [3.63, 3.8) is 0 Å². The lowest BCUT2D eigenvalue weighted by Gasteiger charge is -2.20. The van der Waals surface area contributed by atoms with E-state index in [0.717, 1.165) is 11.1 Å². The van der Waals surface area contributed by atoms with Crippen molar-refractivity contribution < 1.29 is 14.0 Å². The minimum atomic E-state index is -0.931. The molecule has 0 unspecified atom stereocenters. The van der Waals surface area contributed by atoms with Gasteiger partial charge in [-0.15, -0.1) is 0 Å². The van der Waals surface area contributed by atoms with Gasteiger partial charge in [-0.25, -0.2) is 4.39 Å². The van der Waals surface area contributed by atoms with Gasteiger partial charge in [0.05, 0.1) is 17.2 Å². The molecule has 1 aliphatic heterocycles. The first kappa shape index (κ1) is 19.6. The van der Waals surface area contributed by atoms with Crippen LogP contribution in [0.3, 0.4) is 0 Å². The standard InChI is InChI=1S/C22H22FN3O2/c1-22(2,13-24)15-10-8-14(9-11-15)16-12-26(3)21(28)19(16)20(27)25-18-7-5-4-6-17(18)23/h4-11,16,19H,12H2,1-3H3,(H,25,27)/t16-,19+/m1/s1. The Labute approximate surface area is 163 Å². The summed E-state index contributed by atoms with van der Waals surface area (Å²) in [5.41, 5.74) is 1.13. The van der Waals surface area contributed by atoms with Crippen molar-refractivity contribution in [1.29, 1.82) is 5.26 Å². The first-order valence-corrected chi connectivity index (χ1v) is 9.06. The van der Waals surface area contributed by atoms with Gasteiger partial charge < -0.3 is 10.2 Å². The highest BCUT2D eigenvalue weighted by atomic mass is 19.1. The fourth-order valence-electron chi connectivity index (χ4n) is 3.48. The lowest BCUT2D eigenvalue weighted by molar-refractivity contribution is -0.135. The predicted molar refractivity (Wildman–Crippen MR) is 104 cm³/mol. The first-order valence-electron chi connectivity index (χ1n) is 9.06. The number of para-hydroxylation sites is 1. The summed E-state index contributed by atoms with van der Waals surface area (Å²) in [6, 6.07) is 15.6. The van der Waals surface area contributed by atoms with Gasteiger partial charge >= 0.3 is 0 Å². The maximum atomic E-state index is 13.9. The van der Waals surface area contributed by atoms with Crippen molar-refractivity contribution in [2.45, 2.75) is 25.2 Å². The summed E-state index contributed by atoms with van der Waals surface area (Å²) in [6.45, 7) is 4.06. The largest absolute Gasteiger partial charge is 0.344 e. The highest BCUT2D eigenvalue weighted by Gasteiger charge is 2.44. The molecular formula is C22H22FN3O2. The number of likely N-dealkylation sites (tertiary alicyclic amines) is 1. The third-order valence-electron chi connectivity index (χ3n) is 5.27. The molecule has 1 saturated heterocycles. The molecule has 3 rings (SSSR count). The molecule has 2 aromatic rings. The number of benzene rings is 2. The van der Waals surface area contributed by atoms with Crippen molar-refractivity contribution in [3.05, 3.63) is 65.5 Å². The minimum Gasteiger partial charge on any atom is -0.344 e. The number of nitrogens with one attached hydrogen (secondary N) is 1. The van der Waals surface area contributed by atoms with Crippen molar-refractivity contribution in [2.24, 2.45) is 5.92 Å². The zero-order valence-electron chi connectivity index (χ0n) is 16.1. The molecule has 1 aliphatic rings. The number of halogens is 1. The average Bonchev–Trinajstić information content (AvgIpc) is 2.98. The van der Waals surface area contributed by atoms with Crippen LogP contribution >= 0.6 is 0 Å². The summed E-state index contributed by atoms with van der Waals surface area (Å²) in [4.78, 5) is 26.9. The number of nitrogens with zero attached hydrogens (tertiary/aromatic N) is 2. The molecule has 6 heteroatoms. The topological polar surface area (TPSA) is 73.2 Å². The van der Waals surface area contributed by atoms with E-state index >= 15 is 0 Å². The number of hydrogen-bond acceptors (Lipinski definition) is 3. The van der Waals surface area contributed by atoms with Crippen LogP contribution in [0.4, 0.5) is 10.1 Å². The first-order chi connectivity index (χ1) is 13.2. The predicted octanol–water partition coefficient (Wildman–Crippen LogP) is 3.44. The molecule has 144 valence electrons. The Balaban J connectivity index is 1.87. The molecule has 28 heavy (non-hydrogen) atoms. The van der Waals surface area contributed by atoms with E-state index in [-0.39, 0.29) is 17.5 Å². The van der Waals surface area contributed by atoms with E-state index in [2.05, 4.69) is 11.4 Å². The van der Waals surface area contributed by atoms with Gasteiger partial charge in [-0.3, -0.25) is 9.59 Å². The van der Waals surface area contributed by atoms with Crippen LogP contribution in [0.2, 0.25) is 0 Å². The highest BCUT2D eigenvalue weighted by Crippen LogP contribution is 2.35. The number of carbonyl (C=O) groups is 2. The molecule has 2 aromatic carbocycles. The van der Waals surface area contributed by atoms with Crippen LogP contribution in [-0.2, 0) is 15.0 Å². The normalized spacial score (nSPS) is 19.4. The second kappa shape index (κ2) is 7.43. The quantitative estimate of drug-likeness (QED) is 0.827. The van der Waals surface area contributed by atoms with Gasteiger partial charge in [0.15, 0.2) is 0 Å². The van der Waals surface area contributed by atoms with E-state index in [1.54, 1.807) is 13.1 Å². The summed E-state index contributed by atoms with van der Waals surface area (Å²) in [5.74, 6) is -2.64. The van der Waals surface area contributed by atoms with E-state index in [9.17, 15) is 19.2 Å². The summed E-state index contributed by atoms with van der Waals surface area (Å²) in [5, 5.41) is 11.8. The molecule has 1 heterocycles. The molecule has 2 atom stereocenters. The number of carbonyl (C=O) groups excluding carboxylic acids is 2. The number of rotatable bonds is 4. The molecule has 0 aromatic heterocycles. The van der Waals surface area contributed by atoms with Crippen LogP contribution in [0.1, 0.15) is 30.9 Å². The summed E-state index contributed by atoms with van der Waals surface area (Å²) < 4.78 is 13.9. The summed E-state index contributed by atoms with van der Waals surface area (Å²) in [6.07, 6.45) is 0. The Morgan fingerprint density at radius 1 is 1.21 bits per heavy atom. The van der Waals surface area contributed by atoms with Gasteiger partial charge in [-0.05, 0) is 37.1 Å². The Morgan fingerprint density at radius 3 is 2.46 bits per heavy atom. The maximum absolute atomic E-state index is 13.9.